The van der Waals surface area contributed by atoms with E-state index in [0.29, 0.717) is 19.8 Å². The quantitative estimate of drug-likeness (QED) is 0.488. The smallest absolute Gasteiger partial charge is 0.270 e. The third-order valence-corrected chi connectivity index (χ3v) is 2.46. The zero-order valence-electron chi connectivity index (χ0n) is 9.81. The van der Waals surface area contributed by atoms with Crippen LogP contribution in [0.3, 0.4) is 0 Å². The Balaban J connectivity index is 2.66. The number of nitro benzene ring substituents is 1. The lowest BCUT2D eigenvalue weighted by Gasteiger charge is -2.06. The fourth-order valence-electron chi connectivity index (χ4n) is 1.28. The molecule has 0 saturated heterocycles. The van der Waals surface area contributed by atoms with Crippen LogP contribution in [0.15, 0.2) is 18.2 Å². The number of rotatable bonds is 6. The van der Waals surface area contributed by atoms with Crippen molar-refractivity contribution in [1.29, 1.82) is 0 Å². The molecule has 7 heteroatoms. The number of carbonyl (C=O) groups is 1. The standard InChI is InChI=1S/C11H13ClN2O4/c1-2-18-6-5-13-11(15)9-4-3-8(14(16)17)7-10(9)12/h3-4,7H,2,5-6H2,1H3,(H,13,15). The molecule has 0 aliphatic rings. The first-order chi connectivity index (χ1) is 8.56. The summed E-state index contributed by atoms with van der Waals surface area (Å²) in [6.45, 7) is 3.20. The molecule has 0 fully saturated rings. The number of ether oxygens (including phenoxy) is 1. The Kier molecular flexibility index (Phi) is 5.54. The summed E-state index contributed by atoms with van der Waals surface area (Å²) in [4.78, 5) is 21.6. The van der Waals surface area contributed by atoms with Gasteiger partial charge in [0.05, 0.1) is 22.1 Å². The van der Waals surface area contributed by atoms with Crippen LogP contribution in [0.5, 0.6) is 0 Å². The van der Waals surface area contributed by atoms with Crippen LogP contribution in [0.1, 0.15) is 17.3 Å². The van der Waals surface area contributed by atoms with Crippen molar-refractivity contribution in [2.45, 2.75) is 6.92 Å². The Labute approximate surface area is 109 Å². The molecular formula is C11H13ClN2O4. The molecule has 0 radical (unpaired) electrons. The van der Waals surface area contributed by atoms with Gasteiger partial charge < -0.3 is 10.1 Å². The van der Waals surface area contributed by atoms with Crippen LogP contribution < -0.4 is 5.32 Å². The Morgan fingerprint density at radius 3 is 2.83 bits per heavy atom. The molecule has 98 valence electrons. The van der Waals surface area contributed by atoms with E-state index in [4.69, 9.17) is 16.3 Å². The lowest BCUT2D eigenvalue weighted by Crippen LogP contribution is -2.27. The minimum Gasteiger partial charge on any atom is -0.380 e. The number of benzene rings is 1. The molecule has 0 aliphatic heterocycles. The SMILES string of the molecule is CCOCCNC(=O)c1ccc([N+](=O)[O-])cc1Cl. The highest BCUT2D eigenvalue weighted by molar-refractivity contribution is 6.34. The average molecular weight is 273 g/mol. The van der Waals surface area contributed by atoms with E-state index in [2.05, 4.69) is 5.32 Å². The molecule has 6 nitrogen and oxygen atoms in total. The summed E-state index contributed by atoms with van der Waals surface area (Å²) in [6, 6.07) is 3.72. The zero-order valence-corrected chi connectivity index (χ0v) is 10.6. The molecule has 0 aliphatic carbocycles. The normalized spacial score (nSPS) is 10.1. The number of non-ortho nitro benzene ring substituents is 1. The van der Waals surface area contributed by atoms with E-state index in [1.165, 1.54) is 12.1 Å². The summed E-state index contributed by atoms with van der Waals surface area (Å²) < 4.78 is 5.06. The van der Waals surface area contributed by atoms with E-state index in [1.807, 2.05) is 6.92 Å². The van der Waals surface area contributed by atoms with Crippen molar-refractivity contribution in [3.63, 3.8) is 0 Å². The van der Waals surface area contributed by atoms with Gasteiger partial charge in [0.25, 0.3) is 11.6 Å². The van der Waals surface area contributed by atoms with Gasteiger partial charge in [-0.1, -0.05) is 11.6 Å². The van der Waals surface area contributed by atoms with Crippen LogP contribution in [-0.2, 0) is 4.74 Å². The van der Waals surface area contributed by atoms with Crippen LogP contribution in [-0.4, -0.2) is 30.6 Å². The molecule has 1 amide bonds. The first kappa shape index (κ1) is 14.4. The van der Waals surface area contributed by atoms with Gasteiger partial charge in [-0.2, -0.15) is 0 Å². The van der Waals surface area contributed by atoms with E-state index in [1.54, 1.807) is 0 Å². The molecule has 0 unspecified atom stereocenters. The molecule has 0 atom stereocenters. The Morgan fingerprint density at radius 1 is 1.56 bits per heavy atom. The Morgan fingerprint density at radius 2 is 2.28 bits per heavy atom. The van der Waals surface area contributed by atoms with Crippen molar-refractivity contribution < 1.29 is 14.5 Å². The second kappa shape index (κ2) is 6.93. The molecule has 1 rings (SSSR count). The van der Waals surface area contributed by atoms with Crippen molar-refractivity contribution in [1.82, 2.24) is 5.32 Å². The van der Waals surface area contributed by atoms with Gasteiger partial charge in [0.15, 0.2) is 0 Å². The number of halogens is 1. The molecule has 1 aromatic carbocycles. The Hall–Kier alpha value is -1.66. The first-order valence-electron chi connectivity index (χ1n) is 5.36. The van der Waals surface area contributed by atoms with Crippen molar-refractivity contribution in [3.05, 3.63) is 38.9 Å². The molecular weight excluding hydrogens is 260 g/mol. The summed E-state index contributed by atoms with van der Waals surface area (Å²) in [5.74, 6) is -0.380. The maximum absolute atomic E-state index is 11.7. The highest BCUT2D eigenvalue weighted by Gasteiger charge is 2.14. The van der Waals surface area contributed by atoms with Crippen LogP contribution in [0.25, 0.3) is 0 Å². The van der Waals surface area contributed by atoms with Gasteiger partial charge in [-0.05, 0) is 13.0 Å². The van der Waals surface area contributed by atoms with Crippen LogP contribution in [0.4, 0.5) is 5.69 Å². The summed E-state index contributed by atoms with van der Waals surface area (Å²) in [5, 5.41) is 13.2. The summed E-state index contributed by atoms with van der Waals surface area (Å²) in [5.41, 5.74) is 0.0598. The van der Waals surface area contributed by atoms with Gasteiger partial charge in [-0.25, -0.2) is 0 Å². The Bertz CT molecular complexity index is 451. The summed E-state index contributed by atoms with van der Waals surface area (Å²) >= 11 is 5.81. The summed E-state index contributed by atoms with van der Waals surface area (Å²) in [6.07, 6.45) is 0. The number of nitrogens with one attached hydrogen (secondary N) is 1. The van der Waals surface area contributed by atoms with Crippen molar-refractivity contribution in [2.24, 2.45) is 0 Å². The number of hydrogen-bond acceptors (Lipinski definition) is 4. The van der Waals surface area contributed by atoms with E-state index < -0.39 is 4.92 Å². The number of nitro groups is 1. The monoisotopic (exact) mass is 272 g/mol. The van der Waals surface area contributed by atoms with E-state index in [0.717, 1.165) is 6.07 Å². The molecule has 0 bridgehead atoms. The van der Waals surface area contributed by atoms with E-state index in [9.17, 15) is 14.9 Å². The fraction of sp³-hybridized carbons (Fsp3) is 0.364. The lowest BCUT2D eigenvalue weighted by atomic mass is 10.2. The molecule has 0 aromatic heterocycles. The molecule has 18 heavy (non-hydrogen) atoms. The van der Waals surface area contributed by atoms with E-state index >= 15 is 0 Å². The molecule has 1 N–H and O–H groups in total. The molecule has 0 saturated carbocycles. The van der Waals surface area contributed by atoms with Gasteiger partial charge in [-0.15, -0.1) is 0 Å². The number of hydrogen-bond donors (Lipinski definition) is 1. The van der Waals surface area contributed by atoms with Crippen LogP contribution in [0.2, 0.25) is 5.02 Å². The zero-order chi connectivity index (χ0) is 13.5. The summed E-state index contributed by atoms with van der Waals surface area (Å²) in [7, 11) is 0. The highest BCUT2D eigenvalue weighted by Crippen LogP contribution is 2.22. The van der Waals surface area contributed by atoms with Gasteiger partial charge in [0.2, 0.25) is 0 Å². The van der Waals surface area contributed by atoms with Crippen molar-refractivity contribution in [2.75, 3.05) is 19.8 Å². The highest BCUT2D eigenvalue weighted by atomic mass is 35.5. The topological polar surface area (TPSA) is 81.5 Å². The first-order valence-corrected chi connectivity index (χ1v) is 5.74. The molecule has 0 spiro atoms. The largest absolute Gasteiger partial charge is 0.380 e. The van der Waals surface area contributed by atoms with Crippen LogP contribution >= 0.6 is 11.6 Å². The van der Waals surface area contributed by atoms with Gasteiger partial charge >= 0.3 is 0 Å². The van der Waals surface area contributed by atoms with E-state index in [-0.39, 0.29) is 22.2 Å². The van der Waals surface area contributed by atoms with Gasteiger partial charge in [-0.3, -0.25) is 14.9 Å². The minimum atomic E-state index is -0.567. The number of nitrogens with zero attached hydrogens (tertiary/aromatic N) is 1. The van der Waals surface area contributed by atoms with Crippen LogP contribution in [0, 0.1) is 10.1 Å². The van der Waals surface area contributed by atoms with Gasteiger partial charge in [0, 0.05) is 25.3 Å². The molecule has 0 heterocycles. The average Bonchev–Trinajstić information content (AvgIpc) is 2.34. The predicted octanol–water partition coefficient (Wildman–Crippen LogP) is 2.01. The fourth-order valence-corrected chi connectivity index (χ4v) is 1.54. The lowest BCUT2D eigenvalue weighted by molar-refractivity contribution is -0.384. The third-order valence-electron chi connectivity index (χ3n) is 2.14. The second-order valence-electron chi connectivity index (χ2n) is 3.37. The minimum absolute atomic E-state index is 0.0538. The molecule has 1 aromatic rings. The maximum Gasteiger partial charge on any atom is 0.270 e. The third kappa shape index (κ3) is 3.97. The second-order valence-corrected chi connectivity index (χ2v) is 3.78. The van der Waals surface area contributed by atoms with Gasteiger partial charge in [0.1, 0.15) is 0 Å². The number of carbonyl (C=O) groups excluding carboxylic acids is 1. The van der Waals surface area contributed by atoms with Crippen molar-refractivity contribution in [3.8, 4) is 0 Å². The number of amides is 1. The maximum atomic E-state index is 11.7. The predicted molar refractivity (Wildman–Crippen MR) is 66.9 cm³/mol. The van der Waals surface area contributed by atoms with Crippen molar-refractivity contribution >= 4 is 23.2 Å².